The second kappa shape index (κ2) is 8.82. The van der Waals surface area contributed by atoms with Gasteiger partial charge in [0.05, 0.1) is 11.9 Å². The molecule has 1 fully saturated rings. The maximum absolute atomic E-state index is 12.8. The van der Waals surface area contributed by atoms with E-state index in [0.29, 0.717) is 18.3 Å². The first-order chi connectivity index (χ1) is 14.6. The van der Waals surface area contributed by atoms with Gasteiger partial charge in [-0.3, -0.25) is 9.69 Å². The highest BCUT2D eigenvalue weighted by Crippen LogP contribution is 2.22. The van der Waals surface area contributed by atoms with Gasteiger partial charge in [0.2, 0.25) is 11.6 Å². The van der Waals surface area contributed by atoms with Crippen LogP contribution in [0.3, 0.4) is 0 Å². The van der Waals surface area contributed by atoms with Gasteiger partial charge in [0.15, 0.2) is 5.69 Å². The molecule has 1 saturated heterocycles. The van der Waals surface area contributed by atoms with Gasteiger partial charge in [-0.05, 0) is 42.2 Å². The van der Waals surface area contributed by atoms with Crippen molar-refractivity contribution in [3.63, 3.8) is 0 Å². The first-order valence-corrected chi connectivity index (χ1v) is 9.79. The lowest BCUT2D eigenvalue weighted by Crippen LogP contribution is -2.38. The molecule has 1 aliphatic rings. The number of nitrogens with two attached hydrogens (primary N) is 1. The number of carbonyl (C=O) groups is 1. The molecule has 1 amide bonds. The summed E-state index contributed by atoms with van der Waals surface area (Å²) < 4.78 is 6.10. The van der Waals surface area contributed by atoms with Gasteiger partial charge in [-0.1, -0.05) is 42.0 Å². The molecule has 11 nitrogen and oxygen atoms in total. The van der Waals surface area contributed by atoms with Gasteiger partial charge in [-0.25, -0.2) is 10.1 Å². The third-order valence-electron chi connectivity index (χ3n) is 5.15. The molecule has 3 aromatic rings. The van der Waals surface area contributed by atoms with Crippen LogP contribution in [0.25, 0.3) is 5.82 Å². The number of carbonyl (C=O) groups excluding carboxylic acids is 1. The van der Waals surface area contributed by atoms with E-state index in [2.05, 4.69) is 43.0 Å². The Labute approximate surface area is 172 Å². The molecule has 3 heterocycles. The number of nitrogen functional groups attached to an aromatic ring is 1. The normalized spacial score (nSPS) is 17.4. The molecular formula is C19H23N9O2. The van der Waals surface area contributed by atoms with Crippen molar-refractivity contribution in [2.45, 2.75) is 38.8 Å². The number of hydrazone groups is 1. The average Bonchev–Trinajstić information content (AvgIpc) is 3.36. The van der Waals surface area contributed by atoms with Gasteiger partial charge in [-0.2, -0.15) is 9.78 Å². The van der Waals surface area contributed by atoms with Crippen molar-refractivity contribution in [2.75, 3.05) is 12.3 Å². The number of aromatic nitrogens is 5. The molecular weight excluding hydrogens is 386 g/mol. The first kappa shape index (κ1) is 19.7. The number of benzene rings is 1. The van der Waals surface area contributed by atoms with Crippen LogP contribution in [-0.4, -0.2) is 54.9 Å². The monoisotopic (exact) mass is 409 g/mol. The molecule has 0 aliphatic carbocycles. The molecule has 4 rings (SSSR count). The summed E-state index contributed by atoms with van der Waals surface area (Å²) in [6.45, 7) is 3.56. The number of amides is 1. The van der Waals surface area contributed by atoms with Crippen LogP contribution in [0.2, 0.25) is 0 Å². The van der Waals surface area contributed by atoms with Crippen molar-refractivity contribution in [3.05, 3.63) is 47.3 Å². The molecule has 2 aromatic heterocycles. The minimum atomic E-state index is -0.469. The lowest BCUT2D eigenvalue weighted by atomic mass is 10.0. The third-order valence-corrected chi connectivity index (χ3v) is 5.15. The molecule has 156 valence electrons. The number of nitrogens with one attached hydrogen (secondary N) is 1. The van der Waals surface area contributed by atoms with Crippen LogP contribution in [-0.2, 0) is 6.54 Å². The van der Waals surface area contributed by atoms with Crippen LogP contribution in [0.4, 0.5) is 5.82 Å². The zero-order chi connectivity index (χ0) is 20.9. The van der Waals surface area contributed by atoms with E-state index in [4.69, 9.17) is 10.4 Å². The second-order valence-corrected chi connectivity index (χ2v) is 7.19. The summed E-state index contributed by atoms with van der Waals surface area (Å²) in [6, 6.07) is 9.84. The third kappa shape index (κ3) is 4.20. The fourth-order valence-corrected chi connectivity index (χ4v) is 3.47. The van der Waals surface area contributed by atoms with E-state index in [1.54, 1.807) is 6.21 Å². The predicted octanol–water partition coefficient (Wildman–Crippen LogP) is 1.37. The maximum Gasteiger partial charge on any atom is 0.293 e. The van der Waals surface area contributed by atoms with E-state index in [-0.39, 0.29) is 17.3 Å². The Hall–Kier alpha value is -3.60. The van der Waals surface area contributed by atoms with Crippen LogP contribution in [0, 0.1) is 0 Å². The summed E-state index contributed by atoms with van der Waals surface area (Å²) in [4.78, 5) is 15.1. The molecule has 0 bridgehead atoms. The number of nitrogens with zero attached hydrogens (tertiary/aromatic N) is 7. The van der Waals surface area contributed by atoms with E-state index < -0.39 is 5.91 Å². The topological polar surface area (TPSA) is 140 Å². The number of rotatable bonds is 6. The standard InChI is InChI=1S/C19H23N9O2/c1-13-7-5-6-10-27(13)12-15-16(22-26-28(15)18-17(20)24-30-25-18)19(29)23-21-11-14-8-3-2-4-9-14/h2-4,8-9,11,13H,5-7,10,12H2,1H3,(H2,20,24)(H,23,29)/b21-11+/t13-/m1/s1. The summed E-state index contributed by atoms with van der Waals surface area (Å²) in [5, 5.41) is 19.6. The van der Waals surface area contributed by atoms with Crippen molar-refractivity contribution in [1.29, 1.82) is 0 Å². The minimum absolute atomic E-state index is 0.0712. The summed E-state index contributed by atoms with van der Waals surface area (Å²) >= 11 is 0. The maximum atomic E-state index is 12.8. The molecule has 0 spiro atoms. The number of piperidine rings is 1. The summed E-state index contributed by atoms with van der Waals surface area (Å²) in [7, 11) is 0. The Morgan fingerprint density at radius 3 is 2.90 bits per heavy atom. The van der Waals surface area contributed by atoms with Gasteiger partial charge in [-0.15, -0.1) is 5.10 Å². The molecule has 1 atom stereocenters. The number of hydrogen-bond donors (Lipinski definition) is 2. The lowest BCUT2D eigenvalue weighted by Gasteiger charge is -2.33. The Kier molecular flexibility index (Phi) is 5.80. The summed E-state index contributed by atoms with van der Waals surface area (Å²) in [5.41, 5.74) is 9.93. The van der Waals surface area contributed by atoms with Crippen molar-refractivity contribution < 1.29 is 9.42 Å². The van der Waals surface area contributed by atoms with E-state index in [9.17, 15) is 4.79 Å². The number of anilines is 1. The lowest BCUT2D eigenvalue weighted by molar-refractivity contribution is 0.0945. The van der Waals surface area contributed by atoms with Crippen molar-refractivity contribution in [1.82, 2.24) is 35.6 Å². The Balaban J connectivity index is 1.60. The molecule has 0 saturated carbocycles. The van der Waals surface area contributed by atoms with Gasteiger partial charge >= 0.3 is 0 Å². The Morgan fingerprint density at radius 2 is 2.17 bits per heavy atom. The Morgan fingerprint density at radius 1 is 1.33 bits per heavy atom. The number of likely N-dealkylation sites (tertiary alicyclic amines) is 1. The van der Waals surface area contributed by atoms with E-state index in [0.717, 1.165) is 24.9 Å². The van der Waals surface area contributed by atoms with Crippen LogP contribution in [0.1, 0.15) is 47.9 Å². The van der Waals surface area contributed by atoms with Crippen LogP contribution < -0.4 is 11.2 Å². The highest BCUT2D eigenvalue weighted by atomic mass is 16.6. The summed E-state index contributed by atoms with van der Waals surface area (Å²) in [5.74, 6) is -0.195. The van der Waals surface area contributed by atoms with Crippen LogP contribution in [0.5, 0.6) is 0 Å². The molecule has 1 aliphatic heterocycles. The van der Waals surface area contributed by atoms with Crippen molar-refractivity contribution >= 4 is 17.9 Å². The van der Waals surface area contributed by atoms with Crippen LogP contribution >= 0.6 is 0 Å². The number of hydrogen-bond acceptors (Lipinski definition) is 9. The van der Waals surface area contributed by atoms with E-state index in [1.165, 1.54) is 11.1 Å². The zero-order valence-corrected chi connectivity index (χ0v) is 16.6. The quantitative estimate of drug-likeness (QED) is 0.459. The van der Waals surface area contributed by atoms with Crippen LogP contribution in [0.15, 0.2) is 40.1 Å². The summed E-state index contributed by atoms with van der Waals surface area (Å²) in [6.07, 6.45) is 4.95. The van der Waals surface area contributed by atoms with E-state index >= 15 is 0 Å². The molecule has 3 N–H and O–H groups in total. The van der Waals surface area contributed by atoms with E-state index in [1.807, 2.05) is 30.3 Å². The zero-order valence-electron chi connectivity index (χ0n) is 16.6. The largest absolute Gasteiger partial charge is 0.378 e. The highest BCUT2D eigenvalue weighted by Gasteiger charge is 2.27. The fourth-order valence-electron chi connectivity index (χ4n) is 3.47. The molecule has 1 aromatic carbocycles. The van der Waals surface area contributed by atoms with Gasteiger partial charge in [0.25, 0.3) is 5.91 Å². The SMILES string of the molecule is C[C@@H]1CCCCN1Cc1c(C(=O)N/N=C/c2ccccc2)nnn1-c1nonc1N. The minimum Gasteiger partial charge on any atom is -0.378 e. The smallest absolute Gasteiger partial charge is 0.293 e. The van der Waals surface area contributed by atoms with Gasteiger partial charge in [0, 0.05) is 12.6 Å². The predicted molar refractivity (Wildman–Crippen MR) is 109 cm³/mol. The molecule has 0 radical (unpaired) electrons. The van der Waals surface area contributed by atoms with Crippen molar-refractivity contribution in [3.8, 4) is 5.82 Å². The Bertz CT molecular complexity index is 1030. The molecule has 11 heteroatoms. The highest BCUT2D eigenvalue weighted by molar-refractivity contribution is 5.94. The molecule has 0 unspecified atom stereocenters. The first-order valence-electron chi connectivity index (χ1n) is 9.79. The van der Waals surface area contributed by atoms with Crippen molar-refractivity contribution in [2.24, 2.45) is 5.10 Å². The second-order valence-electron chi connectivity index (χ2n) is 7.19. The van der Waals surface area contributed by atoms with Gasteiger partial charge in [0.1, 0.15) is 0 Å². The van der Waals surface area contributed by atoms with Gasteiger partial charge < -0.3 is 5.73 Å². The fraction of sp³-hybridized carbons (Fsp3) is 0.368. The average molecular weight is 409 g/mol. The molecule has 30 heavy (non-hydrogen) atoms.